The second-order valence-corrected chi connectivity index (χ2v) is 6.32. The molecule has 1 amide bonds. The predicted octanol–water partition coefficient (Wildman–Crippen LogP) is 1.20. The zero-order chi connectivity index (χ0) is 19.6. The molecule has 0 unspecified atom stereocenters. The number of carbonyl (C=O) groups excluding carboxylic acids is 2. The molecule has 0 saturated carbocycles. The molecule has 0 fully saturated rings. The molecule has 1 atom stereocenters. The van der Waals surface area contributed by atoms with E-state index in [2.05, 4.69) is 10.2 Å². The molecular weight excluding hydrogens is 378 g/mol. The van der Waals surface area contributed by atoms with Gasteiger partial charge in [-0.3, -0.25) is 19.5 Å². The van der Waals surface area contributed by atoms with E-state index in [1.807, 2.05) is 0 Å². The van der Waals surface area contributed by atoms with E-state index in [4.69, 9.17) is 31.5 Å². The highest BCUT2D eigenvalue weighted by atomic mass is 35.5. The minimum atomic E-state index is -0.728. The first kappa shape index (κ1) is 18.8. The number of nitrogens with two attached hydrogens (primary N) is 1. The summed E-state index contributed by atoms with van der Waals surface area (Å²) < 4.78 is 15.6. The summed E-state index contributed by atoms with van der Waals surface area (Å²) in [6, 6.07) is 3.23. The van der Waals surface area contributed by atoms with Crippen LogP contribution in [0.1, 0.15) is 36.1 Å². The van der Waals surface area contributed by atoms with Gasteiger partial charge in [-0.25, -0.2) is 0 Å². The highest BCUT2D eigenvalue weighted by Crippen LogP contribution is 2.43. The third-order valence-electron chi connectivity index (χ3n) is 4.13. The molecule has 0 saturated heterocycles. The maximum Gasteiger partial charge on any atom is 0.311 e. The summed E-state index contributed by atoms with van der Waals surface area (Å²) in [5.74, 6) is -1.04. The molecule has 0 bridgehead atoms. The molecule has 10 heteroatoms. The van der Waals surface area contributed by atoms with Gasteiger partial charge < -0.3 is 25.0 Å². The average molecular weight is 396 g/mol. The van der Waals surface area contributed by atoms with E-state index < -0.39 is 23.4 Å². The second kappa shape index (κ2) is 7.75. The van der Waals surface area contributed by atoms with Gasteiger partial charge in [0.15, 0.2) is 11.5 Å². The minimum Gasteiger partial charge on any atom is -0.466 e. The third kappa shape index (κ3) is 3.92. The Kier molecular flexibility index (Phi) is 5.41. The monoisotopic (exact) mass is 395 g/mol. The van der Waals surface area contributed by atoms with Crippen LogP contribution in [0, 0.1) is 0 Å². The Hall–Kier alpha value is -2.94. The van der Waals surface area contributed by atoms with Gasteiger partial charge in [0.1, 0.15) is 0 Å². The predicted molar refractivity (Wildman–Crippen MR) is 95.0 cm³/mol. The van der Waals surface area contributed by atoms with Crippen molar-refractivity contribution in [2.24, 2.45) is 5.73 Å². The van der Waals surface area contributed by atoms with E-state index in [1.54, 1.807) is 19.1 Å². The van der Waals surface area contributed by atoms with Crippen molar-refractivity contribution < 1.29 is 23.8 Å². The minimum absolute atomic E-state index is 0.0256. The Labute approximate surface area is 158 Å². The number of rotatable bonds is 7. The molecule has 0 aliphatic carbocycles. The van der Waals surface area contributed by atoms with Gasteiger partial charge in [0.2, 0.25) is 12.7 Å². The lowest BCUT2D eigenvalue weighted by molar-refractivity contribution is -0.142. The van der Waals surface area contributed by atoms with Crippen molar-refractivity contribution in [3.63, 3.8) is 0 Å². The largest absolute Gasteiger partial charge is 0.466 e. The Morgan fingerprint density at radius 3 is 2.81 bits per heavy atom. The van der Waals surface area contributed by atoms with Gasteiger partial charge in [0, 0.05) is 17.9 Å². The quantitative estimate of drug-likeness (QED) is 0.602. The number of hydrogen-bond donors (Lipinski definition) is 3. The van der Waals surface area contributed by atoms with Gasteiger partial charge in [-0.05, 0) is 24.6 Å². The van der Waals surface area contributed by atoms with Crippen LogP contribution in [-0.2, 0) is 20.7 Å². The molecule has 4 N–H and O–H groups in total. The Balaban J connectivity index is 2.06. The van der Waals surface area contributed by atoms with Gasteiger partial charge in [0.25, 0.3) is 5.56 Å². The van der Waals surface area contributed by atoms with Crippen LogP contribution < -0.4 is 20.8 Å². The Morgan fingerprint density at radius 1 is 1.33 bits per heavy atom. The molecule has 0 radical (unpaired) electrons. The molecule has 1 aromatic carbocycles. The number of aromatic amines is 2. The smallest absolute Gasteiger partial charge is 0.311 e. The maximum atomic E-state index is 12.4. The molecule has 0 spiro atoms. The summed E-state index contributed by atoms with van der Waals surface area (Å²) in [7, 11) is 0. The molecule has 9 nitrogen and oxygen atoms in total. The van der Waals surface area contributed by atoms with E-state index in [-0.39, 0.29) is 36.8 Å². The molecule has 144 valence electrons. The average Bonchev–Trinajstić information content (AvgIpc) is 3.20. The van der Waals surface area contributed by atoms with Crippen LogP contribution in [0.2, 0.25) is 5.02 Å². The molecule has 27 heavy (non-hydrogen) atoms. The van der Waals surface area contributed by atoms with Crippen LogP contribution >= 0.6 is 11.6 Å². The number of hydrogen-bond acceptors (Lipinski definition) is 6. The number of nitrogens with one attached hydrogen (secondary N) is 2. The lowest BCUT2D eigenvalue weighted by atomic mass is 9.87. The molecule has 1 aliphatic rings. The molecule has 3 rings (SSSR count). The highest BCUT2D eigenvalue weighted by Gasteiger charge is 2.29. The topological polar surface area (TPSA) is 136 Å². The molecular formula is C17H18ClN3O6. The van der Waals surface area contributed by atoms with Crippen molar-refractivity contribution in [1.29, 1.82) is 0 Å². The normalized spacial score (nSPS) is 13.4. The van der Waals surface area contributed by atoms with Crippen molar-refractivity contribution in [1.82, 2.24) is 10.2 Å². The summed E-state index contributed by atoms with van der Waals surface area (Å²) in [6.07, 6.45) is -0.317. The van der Waals surface area contributed by atoms with Crippen molar-refractivity contribution in [3.8, 4) is 11.5 Å². The van der Waals surface area contributed by atoms with Gasteiger partial charge in [-0.15, -0.1) is 0 Å². The Morgan fingerprint density at radius 2 is 2.11 bits per heavy atom. The van der Waals surface area contributed by atoms with E-state index >= 15 is 0 Å². The lowest BCUT2D eigenvalue weighted by Gasteiger charge is -2.17. The van der Waals surface area contributed by atoms with Gasteiger partial charge in [-0.2, -0.15) is 0 Å². The van der Waals surface area contributed by atoms with Gasteiger partial charge in [-0.1, -0.05) is 11.6 Å². The molecule has 2 heterocycles. The fraction of sp³-hybridized carbons (Fsp3) is 0.353. The SMILES string of the molecule is CCOC(=O)Cc1[nH][nH]c(=O)c1[C@@H](CC(N)=O)c1cc(Cl)c2c(c1)OCO2. The second-order valence-electron chi connectivity index (χ2n) is 5.91. The van der Waals surface area contributed by atoms with Crippen molar-refractivity contribution >= 4 is 23.5 Å². The Bertz CT molecular complexity index is 935. The number of benzene rings is 1. The van der Waals surface area contributed by atoms with Crippen LogP contribution in [-0.4, -0.2) is 35.5 Å². The number of fused-ring (bicyclic) bond motifs is 1. The summed E-state index contributed by atoms with van der Waals surface area (Å²) >= 11 is 6.23. The standard InChI is InChI=1S/C17H18ClN3O6/c1-2-25-14(23)6-11-15(17(24)21-20-11)9(5-13(19)22)8-3-10(18)16-12(4-8)26-7-27-16/h3-4,9H,2,5-7H2,1H3,(H2,19,22)(H2,20,21,24)/t9-/m0/s1. The van der Waals surface area contributed by atoms with Gasteiger partial charge >= 0.3 is 5.97 Å². The number of halogens is 1. The van der Waals surface area contributed by atoms with Gasteiger partial charge in [0.05, 0.1) is 23.7 Å². The molecule has 1 aliphatic heterocycles. The number of carbonyl (C=O) groups is 2. The number of ether oxygens (including phenoxy) is 3. The summed E-state index contributed by atoms with van der Waals surface area (Å²) in [6.45, 7) is 1.92. The fourth-order valence-corrected chi connectivity index (χ4v) is 3.32. The van der Waals surface area contributed by atoms with Crippen LogP contribution in [0.3, 0.4) is 0 Å². The number of esters is 1. The maximum absolute atomic E-state index is 12.4. The number of primary amides is 1. The summed E-state index contributed by atoms with van der Waals surface area (Å²) in [5.41, 5.74) is 6.01. The molecule has 2 aromatic rings. The van der Waals surface area contributed by atoms with E-state index in [0.717, 1.165) is 0 Å². The summed E-state index contributed by atoms with van der Waals surface area (Å²) in [4.78, 5) is 35.9. The first-order valence-electron chi connectivity index (χ1n) is 8.23. The van der Waals surface area contributed by atoms with E-state index in [0.29, 0.717) is 22.8 Å². The first-order valence-corrected chi connectivity index (χ1v) is 8.60. The third-order valence-corrected chi connectivity index (χ3v) is 4.41. The number of amides is 1. The zero-order valence-corrected chi connectivity index (χ0v) is 15.2. The number of aromatic nitrogens is 2. The van der Waals surface area contributed by atoms with E-state index in [9.17, 15) is 14.4 Å². The lowest BCUT2D eigenvalue weighted by Crippen LogP contribution is -2.22. The van der Waals surface area contributed by atoms with Crippen molar-refractivity contribution in [2.45, 2.75) is 25.7 Å². The fourth-order valence-electron chi connectivity index (χ4n) is 3.04. The van der Waals surface area contributed by atoms with E-state index in [1.165, 1.54) is 0 Å². The van der Waals surface area contributed by atoms with Crippen LogP contribution in [0.4, 0.5) is 0 Å². The van der Waals surface area contributed by atoms with Crippen LogP contribution in [0.5, 0.6) is 11.5 Å². The van der Waals surface area contributed by atoms with Crippen molar-refractivity contribution in [3.05, 3.63) is 44.3 Å². The number of H-pyrrole nitrogens is 2. The zero-order valence-electron chi connectivity index (χ0n) is 14.5. The first-order chi connectivity index (χ1) is 12.9. The van der Waals surface area contributed by atoms with Crippen molar-refractivity contribution in [2.75, 3.05) is 13.4 Å². The van der Waals surface area contributed by atoms with Crippen LogP contribution in [0.25, 0.3) is 0 Å². The highest BCUT2D eigenvalue weighted by molar-refractivity contribution is 6.32. The van der Waals surface area contributed by atoms with Crippen LogP contribution in [0.15, 0.2) is 16.9 Å². The summed E-state index contributed by atoms with van der Waals surface area (Å²) in [5, 5.41) is 5.41. The molecule has 1 aromatic heterocycles.